The Hall–Kier alpha value is -0.340. The van der Waals surface area contributed by atoms with E-state index in [4.69, 9.17) is 4.74 Å². The van der Waals surface area contributed by atoms with E-state index in [0.29, 0.717) is 17.4 Å². The summed E-state index contributed by atoms with van der Waals surface area (Å²) < 4.78 is 6.07. The molecule has 5 unspecified atom stereocenters. The molecule has 0 aromatic carbocycles. The summed E-state index contributed by atoms with van der Waals surface area (Å²) in [5.41, 5.74) is 1.20. The molecule has 2 nitrogen and oxygen atoms in total. The Morgan fingerprint density at radius 3 is 2.67 bits per heavy atom. The van der Waals surface area contributed by atoms with E-state index in [0.717, 1.165) is 18.4 Å². The van der Waals surface area contributed by atoms with Gasteiger partial charge in [0.15, 0.2) is 0 Å². The van der Waals surface area contributed by atoms with Crippen molar-refractivity contribution in [3.63, 3.8) is 0 Å². The topological polar surface area (TPSA) is 29.5 Å². The Bertz CT molecular complexity index is 444. The van der Waals surface area contributed by atoms with Crippen LogP contribution in [0, 0.1) is 16.2 Å². The van der Waals surface area contributed by atoms with Gasteiger partial charge in [-0.2, -0.15) is 0 Å². The number of hydrogen-bond acceptors (Lipinski definition) is 2. The molecule has 1 heterocycles. The van der Waals surface area contributed by atoms with Gasteiger partial charge in [0, 0.05) is 5.41 Å². The van der Waals surface area contributed by atoms with Gasteiger partial charge < -0.3 is 9.84 Å². The molecule has 0 radical (unpaired) electrons. The highest BCUT2D eigenvalue weighted by Gasteiger charge is 2.81. The number of hydrogen-bond donors (Lipinski definition) is 1. The van der Waals surface area contributed by atoms with Gasteiger partial charge in [-0.1, -0.05) is 26.8 Å². The van der Waals surface area contributed by atoms with Crippen LogP contribution < -0.4 is 0 Å². The van der Waals surface area contributed by atoms with Gasteiger partial charge in [-0.05, 0) is 48.5 Å². The molecule has 0 aromatic rings. The lowest BCUT2D eigenvalue weighted by atomic mass is 9.51. The highest BCUT2D eigenvalue weighted by atomic mass is 16.5. The quantitative estimate of drug-likeness (QED) is 0.668. The molecular weight excluding hydrogens is 224 g/mol. The van der Waals surface area contributed by atoms with Gasteiger partial charge in [0.25, 0.3) is 0 Å². The van der Waals surface area contributed by atoms with Crippen molar-refractivity contribution >= 4 is 0 Å². The van der Waals surface area contributed by atoms with Crippen molar-refractivity contribution in [2.24, 2.45) is 16.2 Å². The molecule has 1 aliphatic heterocycles. The van der Waals surface area contributed by atoms with Crippen molar-refractivity contribution in [1.82, 2.24) is 0 Å². The molecule has 0 amide bonds. The SMILES string of the molecule is C=C1COC2C1(O)CCC1(C)CCCC3(C)CC213. The molecule has 5 atom stereocenters. The molecule has 1 spiro atoms. The Morgan fingerprint density at radius 1 is 1.17 bits per heavy atom. The first-order valence-corrected chi connectivity index (χ1v) is 7.40. The van der Waals surface area contributed by atoms with Crippen LogP contribution in [0.25, 0.3) is 0 Å². The van der Waals surface area contributed by atoms with Crippen molar-refractivity contribution in [2.75, 3.05) is 6.61 Å². The summed E-state index contributed by atoms with van der Waals surface area (Å²) in [5.74, 6) is 0. The third kappa shape index (κ3) is 0.946. The smallest absolute Gasteiger partial charge is 0.114 e. The molecule has 0 bridgehead atoms. The maximum atomic E-state index is 11.0. The predicted molar refractivity (Wildman–Crippen MR) is 70.2 cm³/mol. The zero-order valence-electron chi connectivity index (χ0n) is 11.6. The van der Waals surface area contributed by atoms with Gasteiger partial charge in [0.05, 0.1) is 12.7 Å². The minimum atomic E-state index is -0.728. The molecule has 18 heavy (non-hydrogen) atoms. The minimum Gasteiger partial charge on any atom is -0.383 e. The van der Waals surface area contributed by atoms with Crippen molar-refractivity contribution in [1.29, 1.82) is 0 Å². The van der Waals surface area contributed by atoms with Crippen molar-refractivity contribution < 1.29 is 9.84 Å². The van der Waals surface area contributed by atoms with Crippen molar-refractivity contribution in [2.45, 2.75) is 64.1 Å². The first kappa shape index (κ1) is 11.5. The van der Waals surface area contributed by atoms with Gasteiger partial charge in [0.1, 0.15) is 5.60 Å². The van der Waals surface area contributed by atoms with Gasteiger partial charge in [-0.25, -0.2) is 0 Å². The molecule has 100 valence electrons. The highest BCUT2D eigenvalue weighted by molar-refractivity contribution is 5.36. The Kier molecular flexibility index (Phi) is 1.84. The summed E-state index contributed by atoms with van der Waals surface area (Å²) in [4.78, 5) is 0. The Balaban J connectivity index is 1.85. The van der Waals surface area contributed by atoms with Crippen LogP contribution >= 0.6 is 0 Å². The second-order valence-corrected chi connectivity index (χ2v) is 7.84. The average Bonchev–Trinajstić information content (AvgIpc) is 2.83. The van der Waals surface area contributed by atoms with E-state index in [1.54, 1.807) is 0 Å². The van der Waals surface area contributed by atoms with E-state index in [1.807, 2.05) is 0 Å². The monoisotopic (exact) mass is 248 g/mol. The van der Waals surface area contributed by atoms with E-state index >= 15 is 0 Å². The van der Waals surface area contributed by atoms with E-state index in [-0.39, 0.29) is 11.5 Å². The second kappa shape index (κ2) is 2.88. The lowest BCUT2D eigenvalue weighted by molar-refractivity contribution is -0.167. The number of aliphatic hydroxyl groups is 1. The van der Waals surface area contributed by atoms with Crippen LogP contribution in [-0.2, 0) is 4.74 Å². The van der Waals surface area contributed by atoms with Crippen LogP contribution in [0.15, 0.2) is 12.2 Å². The normalized spacial score (nSPS) is 61.9. The van der Waals surface area contributed by atoms with Gasteiger partial charge in [-0.3, -0.25) is 0 Å². The molecular formula is C16H24O2. The molecule has 0 aromatic heterocycles. The van der Waals surface area contributed by atoms with Gasteiger partial charge >= 0.3 is 0 Å². The van der Waals surface area contributed by atoms with Gasteiger partial charge in [-0.15, -0.1) is 0 Å². The molecule has 4 rings (SSSR count). The lowest BCUT2D eigenvalue weighted by Crippen LogP contribution is -2.58. The van der Waals surface area contributed by atoms with Crippen LogP contribution in [0.2, 0.25) is 0 Å². The number of ether oxygens (including phenoxy) is 1. The summed E-state index contributed by atoms with van der Waals surface area (Å²) in [6.07, 6.45) is 7.22. The summed E-state index contributed by atoms with van der Waals surface area (Å²) in [7, 11) is 0. The van der Waals surface area contributed by atoms with Crippen LogP contribution in [0.5, 0.6) is 0 Å². The summed E-state index contributed by atoms with van der Waals surface area (Å²) in [6, 6.07) is 0. The first-order chi connectivity index (χ1) is 8.38. The molecule has 1 N–H and O–H groups in total. The van der Waals surface area contributed by atoms with E-state index < -0.39 is 5.60 Å². The second-order valence-electron chi connectivity index (χ2n) is 7.84. The molecule has 4 aliphatic rings. The molecule has 4 fully saturated rings. The maximum Gasteiger partial charge on any atom is 0.114 e. The van der Waals surface area contributed by atoms with Crippen molar-refractivity contribution in [3.8, 4) is 0 Å². The summed E-state index contributed by atoms with van der Waals surface area (Å²) >= 11 is 0. The lowest BCUT2D eigenvalue weighted by Gasteiger charge is -2.55. The Morgan fingerprint density at radius 2 is 1.89 bits per heavy atom. The zero-order chi connectivity index (χ0) is 12.8. The van der Waals surface area contributed by atoms with Crippen LogP contribution in [0.1, 0.15) is 52.4 Å². The molecule has 1 saturated heterocycles. The van der Waals surface area contributed by atoms with E-state index in [1.165, 1.54) is 25.7 Å². The zero-order valence-corrected chi connectivity index (χ0v) is 11.6. The van der Waals surface area contributed by atoms with E-state index in [2.05, 4.69) is 20.4 Å². The van der Waals surface area contributed by atoms with Crippen LogP contribution in [0.3, 0.4) is 0 Å². The predicted octanol–water partition coefficient (Wildman–Crippen LogP) is 3.05. The minimum absolute atomic E-state index is 0.0153. The van der Waals surface area contributed by atoms with E-state index in [9.17, 15) is 5.11 Å². The van der Waals surface area contributed by atoms with Crippen molar-refractivity contribution in [3.05, 3.63) is 12.2 Å². The largest absolute Gasteiger partial charge is 0.383 e. The highest BCUT2D eigenvalue weighted by Crippen LogP contribution is 2.83. The average molecular weight is 248 g/mol. The fourth-order valence-corrected chi connectivity index (χ4v) is 5.95. The summed E-state index contributed by atoms with van der Waals surface area (Å²) in [5, 5.41) is 11.0. The first-order valence-electron chi connectivity index (χ1n) is 7.40. The number of rotatable bonds is 0. The Labute approximate surface area is 109 Å². The fraction of sp³-hybridized carbons (Fsp3) is 0.875. The molecule has 3 aliphatic carbocycles. The maximum absolute atomic E-state index is 11.0. The fourth-order valence-electron chi connectivity index (χ4n) is 5.95. The third-order valence-corrected chi connectivity index (χ3v) is 7.13. The molecule has 2 heteroatoms. The standard InChI is InChI=1S/C16H24O2/c1-11-9-18-12-15(11,17)8-7-13(2)5-4-6-14(3)10-16(12,13)14/h12,17H,1,4-10H2,2-3H3. The summed E-state index contributed by atoms with van der Waals surface area (Å²) in [6.45, 7) is 9.50. The van der Waals surface area contributed by atoms with Gasteiger partial charge in [0.2, 0.25) is 0 Å². The number of fused-ring (bicyclic) bond motifs is 1. The van der Waals surface area contributed by atoms with Crippen LogP contribution in [-0.4, -0.2) is 23.4 Å². The third-order valence-electron chi connectivity index (χ3n) is 7.13. The molecule has 3 saturated carbocycles. The van der Waals surface area contributed by atoms with Crippen LogP contribution in [0.4, 0.5) is 0 Å².